The number of fused-ring (bicyclic) bond motifs is 1. The van der Waals surface area contributed by atoms with Crippen LogP contribution in [0.2, 0.25) is 0 Å². The molecule has 7 heteroatoms. The van der Waals surface area contributed by atoms with Crippen LogP contribution in [0.5, 0.6) is 5.75 Å². The van der Waals surface area contributed by atoms with Crippen molar-refractivity contribution >= 4 is 11.6 Å². The highest BCUT2D eigenvalue weighted by molar-refractivity contribution is 5.94. The summed E-state index contributed by atoms with van der Waals surface area (Å²) >= 11 is 0. The number of carbonyl (C=O) groups excluding carboxylic acids is 1. The summed E-state index contributed by atoms with van der Waals surface area (Å²) < 4.78 is 7.17. The lowest BCUT2D eigenvalue weighted by Crippen LogP contribution is -2.39. The Kier molecular flexibility index (Phi) is 5.08. The van der Waals surface area contributed by atoms with Crippen LogP contribution in [0.15, 0.2) is 67.1 Å². The molecule has 31 heavy (non-hydrogen) atoms. The molecule has 0 saturated carbocycles. The van der Waals surface area contributed by atoms with Gasteiger partial charge in [0.15, 0.2) is 11.5 Å². The van der Waals surface area contributed by atoms with Crippen molar-refractivity contribution in [1.29, 1.82) is 0 Å². The normalized spacial score (nSPS) is 16.4. The Morgan fingerprint density at radius 1 is 1.10 bits per heavy atom. The molecule has 7 nitrogen and oxygen atoms in total. The maximum atomic E-state index is 12.8. The second-order valence-corrected chi connectivity index (χ2v) is 7.75. The quantitative estimate of drug-likeness (QED) is 0.509. The SMILES string of the molecule is COc1cccc(-c2ccc3nc([C@H]4CCCN(C(=O)c5ccncc5)C4)nn3c2)c1. The van der Waals surface area contributed by atoms with E-state index in [-0.39, 0.29) is 11.8 Å². The zero-order chi connectivity index (χ0) is 21.2. The largest absolute Gasteiger partial charge is 0.497 e. The fraction of sp³-hybridized carbons (Fsp3) is 0.250. The van der Waals surface area contributed by atoms with E-state index in [4.69, 9.17) is 14.8 Å². The van der Waals surface area contributed by atoms with Gasteiger partial charge in [-0.15, -0.1) is 0 Å². The molecule has 4 heterocycles. The van der Waals surface area contributed by atoms with Gasteiger partial charge in [0, 0.05) is 48.7 Å². The minimum absolute atomic E-state index is 0.0381. The minimum atomic E-state index is 0.0381. The Balaban J connectivity index is 1.39. The summed E-state index contributed by atoms with van der Waals surface area (Å²) in [6.45, 7) is 1.38. The van der Waals surface area contributed by atoms with Crippen LogP contribution in [0.25, 0.3) is 16.8 Å². The maximum Gasteiger partial charge on any atom is 0.253 e. The van der Waals surface area contributed by atoms with Crippen molar-refractivity contribution < 1.29 is 9.53 Å². The molecule has 156 valence electrons. The van der Waals surface area contributed by atoms with Crippen LogP contribution in [0.4, 0.5) is 0 Å². The Hall–Kier alpha value is -3.74. The molecule has 5 rings (SSSR count). The molecule has 0 N–H and O–H groups in total. The third kappa shape index (κ3) is 3.86. The van der Waals surface area contributed by atoms with E-state index in [1.54, 1.807) is 31.6 Å². The van der Waals surface area contributed by atoms with Gasteiger partial charge in [-0.3, -0.25) is 9.78 Å². The van der Waals surface area contributed by atoms with Gasteiger partial charge in [0.25, 0.3) is 5.91 Å². The molecule has 0 unspecified atom stereocenters. The van der Waals surface area contributed by atoms with E-state index < -0.39 is 0 Å². The molecule has 3 aromatic heterocycles. The third-order valence-corrected chi connectivity index (χ3v) is 5.75. The zero-order valence-corrected chi connectivity index (χ0v) is 17.3. The van der Waals surface area contributed by atoms with Gasteiger partial charge in [-0.05, 0) is 54.8 Å². The predicted octanol–water partition coefficient (Wildman–Crippen LogP) is 3.82. The molecule has 1 aromatic carbocycles. The van der Waals surface area contributed by atoms with Gasteiger partial charge in [0.1, 0.15) is 5.75 Å². The molecule has 1 aliphatic heterocycles. The molecular formula is C24H23N5O2. The summed E-state index contributed by atoms with van der Waals surface area (Å²) in [6, 6.07) is 15.5. The van der Waals surface area contributed by atoms with Gasteiger partial charge in [0.05, 0.1) is 7.11 Å². The molecule has 0 bridgehead atoms. The van der Waals surface area contributed by atoms with E-state index in [9.17, 15) is 4.79 Å². The first kappa shape index (κ1) is 19.2. The molecule has 0 aliphatic carbocycles. The van der Waals surface area contributed by atoms with Gasteiger partial charge >= 0.3 is 0 Å². The number of amides is 1. The fourth-order valence-electron chi connectivity index (χ4n) is 4.10. The number of aromatic nitrogens is 4. The number of pyridine rings is 2. The van der Waals surface area contributed by atoms with Crippen molar-refractivity contribution in [3.8, 4) is 16.9 Å². The van der Waals surface area contributed by atoms with Crippen molar-refractivity contribution in [3.63, 3.8) is 0 Å². The second kappa shape index (κ2) is 8.18. The Labute approximate surface area is 180 Å². The minimum Gasteiger partial charge on any atom is -0.497 e. The highest BCUT2D eigenvalue weighted by Gasteiger charge is 2.28. The van der Waals surface area contributed by atoms with E-state index in [1.807, 2.05) is 52.0 Å². The number of piperidine rings is 1. The first-order valence-electron chi connectivity index (χ1n) is 10.4. The van der Waals surface area contributed by atoms with Crippen LogP contribution in [-0.2, 0) is 0 Å². The van der Waals surface area contributed by atoms with E-state index in [2.05, 4.69) is 4.98 Å². The maximum absolute atomic E-state index is 12.8. The predicted molar refractivity (Wildman–Crippen MR) is 117 cm³/mol. The highest BCUT2D eigenvalue weighted by atomic mass is 16.5. The van der Waals surface area contributed by atoms with Crippen LogP contribution in [-0.4, -0.2) is 50.6 Å². The smallest absolute Gasteiger partial charge is 0.253 e. The van der Waals surface area contributed by atoms with Crippen molar-refractivity contribution in [3.05, 3.63) is 78.5 Å². The average molecular weight is 413 g/mol. The fourth-order valence-corrected chi connectivity index (χ4v) is 4.10. The Bertz CT molecular complexity index is 1220. The number of rotatable bonds is 4. The third-order valence-electron chi connectivity index (χ3n) is 5.75. The number of ether oxygens (including phenoxy) is 1. The standard InChI is InChI=1S/C24H23N5O2/c1-31-21-6-2-4-18(14-21)19-7-8-22-26-23(27-29(22)16-19)20-5-3-13-28(15-20)24(30)17-9-11-25-12-10-17/h2,4,6-12,14,16,20H,3,5,13,15H2,1H3/t20-/m0/s1. The summed E-state index contributed by atoms with van der Waals surface area (Å²) in [5.41, 5.74) is 3.58. The topological polar surface area (TPSA) is 72.6 Å². The number of nitrogens with zero attached hydrogens (tertiary/aromatic N) is 5. The molecule has 1 atom stereocenters. The van der Waals surface area contributed by atoms with Crippen molar-refractivity contribution in [2.45, 2.75) is 18.8 Å². The first-order valence-corrected chi connectivity index (χ1v) is 10.4. The van der Waals surface area contributed by atoms with Crippen molar-refractivity contribution in [2.75, 3.05) is 20.2 Å². The second-order valence-electron chi connectivity index (χ2n) is 7.75. The molecule has 0 radical (unpaired) electrons. The van der Waals surface area contributed by atoms with Gasteiger partial charge in [-0.2, -0.15) is 5.10 Å². The van der Waals surface area contributed by atoms with Gasteiger partial charge < -0.3 is 9.64 Å². The lowest BCUT2D eigenvalue weighted by Gasteiger charge is -2.31. The zero-order valence-electron chi connectivity index (χ0n) is 17.3. The molecule has 1 fully saturated rings. The molecule has 4 aromatic rings. The summed E-state index contributed by atoms with van der Waals surface area (Å²) in [4.78, 5) is 23.5. The molecule has 1 amide bonds. The monoisotopic (exact) mass is 413 g/mol. The van der Waals surface area contributed by atoms with Gasteiger partial charge in [-0.1, -0.05) is 12.1 Å². The molecule has 1 saturated heterocycles. The number of methoxy groups -OCH3 is 1. The van der Waals surface area contributed by atoms with E-state index >= 15 is 0 Å². The summed E-state index contributed by atoms with van der Waals surface area (Å²) in [5, 5.41) is 4.76. The van der Waals surface area contributed by atoms with Crippen molar-refractivity contribution in [2.24, 2.45) is 0 Å². The van der Waals surface area contributed by atoms with Crippen LogP contribution in [0, 0.1) is 0 Å². The van der Waals surface area contributed by atoms with Crippen LogP contribution >= 0.6 is 0 Å². The number of benzene rings is 1. The Morgan fingerprint density at radius 2 is 1.97 bits per heavy atom. The number of likely N-dealkylation sites (tertiary alicyclic amines) is 1. The van der Waals surface area contributed by atoms with E-state index in [0.29, 0.717) is 12.1 Å². The first-order chi connectivity index (χ1) is 15.2. The summed E-state index contributed by atoms with van der Waals surface area (Å²) in [6.07, 6.45) is 7.20. The van der Waals surface area contributed by atoms with Crippen LogP contribution in [0.1, 0.15) is 34.9 Å². The molecule has 1 aliphatic rings. The number of hydrogen-bond acceptors (Lipinski definition) is 5. The van der Waals surface area contributed by atoms with Crippen LogP contribution < -0.4 is 4.74 Å². The van der Waals surface area contributed by atoms with Crippen LogP contribution in [0.3, 0.4) is 0 Å². The number of hydrogen-bond donors (Lipinski definition) is 0. The molecule has 0 spiro atoms. The van der Waals surface area contributed by atoms with Gasteiger partial charge in [-0.25, -0.2) is 9.50 Å². The lowest BCUT2D eigenvalue weighted by atomic mass is 9.97. The average Bonchev–Trinajstić information content (AvgIpc) is 3.28. The summed E-state index contributed by atoms with van der Waals surface area (Å²) in [5.74, 6) is 1.77. The molecular weight excluding hydrogens is 390 g/mol. The summed E-state index contributed by atoms with van der Waals surface area (Å²) in [7, 11) is 1.67. The van der Waals surface area contributed by atoms with Gasteiger partial charge in [0.2, 0.25) is 0 Å². The van der Waals surface area contributed by atoms with Crippen molar-refractivity contribution in [1.82, 2.24) is 24.5 Å². The highest BCUT2D eigenvalue weighted by Crippen LogP contribution is 2.28. The lowest BCUT2D eigenvalue weighted by molar-refractivity contribution is 0.0704. The number of carbonyl (C=O) groups is 1. The van der Waals surface area contributed by atoms with E-state index in [0.717, 1.165) is 47.7 Å². The van der Waals surface area contributed by atoms with E-state index in [1.165, 1.54) is 0 Å². The Morgan fingerprint density at radius 3 is 2.81 bits per heavy atom.